The number of pyridine rings is 3. The summed E-state index contributed by atoms with van der Waals surface area (Å²) in [5.74, 6) is 0. The van der Waals surface area contributed by atoms with Crippen molar-refractivity contribution in [2.24, 2.45) is 7.05 Å². The van der Waals surface area contributed by atoms with Crippen LogP contribution in [0.4, 0.5) is 0 Å². The van der Waals surface area contributed by atoms with Gasteiger partial charge in [0.25, 0.3) is 0 Å². The average Bonchev–Trinajstić information content (AvgIpc) is 3.17. The molecule has 0 spiro atoms. The lowest BCUT2D eigenvalue weighted by atomic mass is 10.0. The van der Waals surface area contributed by atoms with Gasteiger partial charge in [-0.2, -0.15) is 0 Å². The van der Waals surface area contributed by atoms with E-state index < -0.39 is 0 Å². The third-order valence-electron chi connectivity index (χ3n) is 6.65. The van der Waals surface area contributed by atoms with Crippen LogP contribution in [-0.4, -0.2) is 24.1 Å². The van der Waals surface area contributed by atoms with Crippen LogP contribution in [0, 0.1) is 0 Å². The molecule has 0 N–H and O–H groups in total. The Kier molecular flexibility index (Phi) is 4.11. The summed E-state index contributed by atoms with van der Waals surface area (Å²) in [6.45, 7) is 0. The van der Waals surface area contributed by atoms with Crippen LogP contribution in [0.3, 0.4) is 0 Å². The van der Waals surface area contributed by atoms with E-state index in [0.717, 1.165) is 60.6 Å². The number of imidazole rings is 1. The maximum Gasteiger partial charge on any atom is 0.333 e. The second kappa shape index (κ2) is 7.33. The number of hydrogen-bond donors (Lipinski definition) is 0. The standard InChI is InChI=1S/C29H19N5O/c1-33-27-17-32-26-10-8-18(21-13-19-5-2-3-7-24(19)31-16-21)15-23(26)28(27)34(29(33)35)22-9-11-25-20(14-22)6-4-12-30-25/h2-17H,1H3. The molecule has 0 radical (unpaired) electrons. The van der Waals surface area contributed by atoms with Gasteiger partial charge in [0.2, 0.25) is 0 Å². The van der Waals surface area contributed by atoms with Gasteiger partial charge in [0.1, 0.15) is 0 Å². The number of benzene rings is 3. The molecule has 4 aromatic heterocycles. The molecule has 7 aromatic rings. The highest BCUT2D eigenvalue weighted by Crippen LogP contribution is 2.31. The van der Waals surface area contributed by atoms with E-state index in [1.807, 2.05) is 60.8 Å². The van der Waals surface area contributed by atoms with Crippen molar-refractivity contribution in [3.8, 4) is 16.8 Å². The van der Waals surface area contributed by atoms with Crippen LogP contribution in [0.2, 0.25) is 0 Å². The molecule has 166 valence electrons. The molecular weight excluding hydrogens is 434 g/mol. The van der Waals surface area contributed by atoms with Crippen molar-refractivity contribution in [1.82, 2.24) is 24.1 Å². The predicted molar refractivity (Wildman–Crippen MR) is 140 cm³/mol. The Morgan fingerprint density at radius 2 is 1.46 bits per heavy atom. The van der Waals surface area contributed by atoms with Crippen LogP contribution in [0.1, 0.15) is 0 Å². The maximum atomic E-state index is 13.4. The first-order valence-corrected chi connectivity index (χ1v) is 11.4. The Morgan fingerprint density at radius 3 is 2.40 bits per heavy atom. The normalized spacial score (nSPS) is 11.7. The minimum absolute atomic E-state index is 0.115. The molecule has 0 unspecified atom stereocenters. The Labute approximate surface area is 199 Å². The molecule has 0 aliphatic rings. The quantitative estimate of drug-likeness (QED) is 0.340. The van der Waals surface area contributed by atoms with E-state index >= 15 is 0 Å². The van der Waals surface area contributed by atoms with Crippen molar-refractivity contribution in [3.05, 3.63) is 108 Å². The molecule has 0 fully saturated rings. The lowest BCUT2D eigenvalue weighted by molar-refractivity contribution is 0.846. The SMILES string of the molecule is Cn1c(=O)n(-c2ccc3ncccc3c2)c2c3cc(-c4cnc5ccccc5c4)ccc3ncc21. The first-order chi connectivity index (χ1) is 17.2. The second-order valence-corrected chi connectivity index (χ2v) is 8.70. The molecule has 0 saturated heterocycles. The Balaban J connectivity index is 1.52. The zero-order valence-corrected chi connectivity index (χ0v) is 18.9. The van der Waals surface area contributed by atoms with Crippen molar-refractivity contribution in [3.63, 3.8) is 0 Å². The van der Waals surface area contributed by atoms with Gasteiger partial charge in [0.15, 0.2) is 0 Å². The summed E-state index contributed by atoms with van der Waals surface area (Å²) >= 11 is 0. The average molecular weight is 454 g/mol. The number of aromatic nitrogens is 5. The summed E-state index contributed by atoms with van der Waals surface area (Å²) in [6.07, 6.45) is 5.44. The van der Waals surface area contributed by atoms with Gasteiger partial charge >= 0.3 is 5.69 Å². The number of nitrogens with zero attached hydrogens (tertiary/aromatic N) is 5. The zero-order valence-electron chi connectivity index (χ0n) is 18.9. The van der Waals surface area contributed by atoms with Gasteiger partial charge in [-0.15, -0.1) is 0 Å². The smallest absolute Gasteiger partial charge is 0.293 e. The fourth-order valence-electron chi connectivity index (χ4n) is 4.85. The summed E-state index contributed by atoms with van der Waals surface area (Å²) in [5, 5.41) is 2.98. The minimum Gasteiger partial charge on any atom is -0.293 e. The molecule has 0 bridgehead atoms. The first-order valence-electron chi connectivity index (χ1n) is 11.4. The summed E-state index contributed by atoms with van der Waals surface area (Å²) in [6, 6.07) is 26.2. The summed E-state index contributed by atoms with van der Waals surface area (Å²) in [4.78, 5) is 27.1. The van der Waals surface area contributed by atoms with Crippen LogP contribution in [0.15, 0.2) is 102 Å². The van der Waals surface area contributed by atoms with Crippen LogP contribution in [0.5, 0.6) is 0 Å². The molecule has 3 aromatic carbocycles. The molecule has 0 saturated carbocycles. The Hall–Kier alpha value is -4.84. The Bertz CT molecular complexity index is 2000. The lowest BCUT2D eigenvalue weighted by Gasteiger charge is -2.09. The molecule has 0 aliphatic heterocycles. The number of rotatable bonds is 2. The lowest BCUT2D eigenvalue weighted by Crippen LogP contribution is -2.20. The fourth-order valence-corrected chi connectivity index (χ4v) is 4.85. The summed E-state index contributed by atoms with van der Waals surface area (Å²) in [5.41, 5.74) is 7.02. The van der Waals surface area contributed by atoms with Crippen molar-refractivity contribution < 1.29 is 0 Å². The molecular formula is C29H19N5O. The van der Waals surface area contributed by atoms with Gasteiger partial charge in [-0.25, -0.2) is 4.79 Å². The van der Waals surface area contributed by atoms with Crippen LogP contribution in [0.25, 0.3) is 60.6 Å². The van der Waals surface area contributed by atoms with Gasteiger partial charge in [0, 0.05) is 41.2 Å². The highest BCUT2D eigenvalue weighted by molar-refractivity contribution is 6.05. The van der Waals surface area contributed by atoms with E-state index in [2.05, 4.69) is 39.2 Å². The van der Waals surface area contributed by atoms with Gasteiger partial charge in [-0.05, 0) is 54.1 Å². The monoisotopic (exact) mass is 453 g/mol. The molecule has 6 heteroatoms. The zero-order chi connectivity index (χ0) is 23.5. The van der Waals surface area contributed by atoms with Crippen LogP contribution < -0.4 is 5.69 Å². The van der Waals surface area contributed by atoms with Crippen molar-refractivity contribution in [1.29, 1.82) is 0 Å². The maximum absolute atomic E-state index is 13.4. The van der Waals surface area contributed by atoms with E-state index in [0.29, 0.717) is 0 Å². The van der Waals surface area contributed by atoms with Crippen LogP contribution in [-0.2, 0) is 7.05 Å². The number of para-hydroxylation sites is 1. The summed E-state index contributed by atoms with van der Waals surface area (Å²) in [7, 11) is 1.79. The highest BCUT2D eigenvalue weighted by Gasteiger charge is 2.17. The van der Waals surface area contributed by atoms with Gasteiger partial charge in [0.05, 0.1) is 39.5 Å². The second-order valence-electron chi connectivity index (χ2n) is 8.70. The van der Waals surface area contributed by atoms with Gasteiger partial charge < -0.3 is 0 Å². The van der Waals surface area contributed by atoms with E-state index in [9.17, 15) is 4.79 Å². The van der Waals surface area contributed by atoms with Crippen LogP contribution >= 0.6 is 0 Å². The van der Waals surface area contributed by atoms with Crippen molar-refractivity contribution >= 4 is 43.7 Å². The predicted octanol–water partition coefficient (Wildman–Crippen LogP) is 5.64. The fraction of sp³-hybridized carbons (Fsp3) is 0.0345. The van der Waals surface area contributed by atoms with E-state index in [-0.39, 0.29) is 5.69 Å². The van der Waals surface area contributed by atoms with E-state index in [4.69, 9.17) is 0 Å². The molecule has 0 aliphatic carbocycles. The highest BCUT2D eigenvalue weighted by atomic mass is 16.1. The number of hydrogen-bond acceptors (Lipinski definition) is 4. The minimum atomic E-state index is -0.115. The molecule has 7 rings (SSSR count). The third kappa shape index (κ3) is 2.97. The van der Waals surface area contributed by atoms with E-state index in [1.54, 1.807) is 28.6 Å². The third-order valence-corrected chi connectivity index (χ3v) is 6.65. The Morgan fingerprint density at radius 1 is 0.686 bits per heavy atom. The number of aryl methyl sites for hydroxylation is 1. The molecule has 35 heavy (non-hydrogen) atoms. The van der Waals surface area contributed by atoms with Gasteiger partial charge in [-0.1, -0.05) is 30.3 Å². The van der Waals surface area contributed by atoms with Crippen molar-refractivity contribution in [2.75, 3.05) is 0 Å². The molecule has 0 atom stereocenters. The first kappa shape index (κ1) is 19.6. The van der Waals surface area contributed by atoms with Gasteiger partial charge in [-0.3, -0.25) is 24.1 Å². The molecule has 4 heterocycles. The largest absolute Gasteiger partial charge is 0.333 e. The summed E-state index contributed by atoms with van der Waals surface area (Å²) < 4.78 is 3.42. The topological polar surface area (TPSA) is 65.6 Å². The number of fused-ring (bicyclic) bond motifs is 5. The van der Waals surface area contributed by atoms with E-state index in [1.165, 1.54) is 0 Å². The van der Waals surface area contributed by atoms with Crippen molar-refractivity contribution in [2.45, 2.75) is 0 Å². The molecule has 6 nitrogen and oxygen atoms in total. The molecule has 0 amide bonds.